The summed E-state index contributed by atoms with van der Waals surface area (Å²) in [5, 5.41) is 54.4. The van der Waals surface area contributed by atoms with Crippen LogP contribution in [0.15, 0.2) is 33.4 Å². The number of ether oxygens (including phenoxy) is 4. The first-order valence-corrected chi connectivity index (χ1v) is 7.86. The van der Waals surface area contributed by atoms with E-state index in [1.165, 1.54) is 0 Å². The lowest BCUT2D eigenvalue weighted by atomic mass is 10.1. The highest BCUT2D eigenvalue weighted by Crippen LogP contribution is 2.33. The number of hydrogen-bond donors (Lipinski definition) is 5. The van der Waals surface area contributed by atoms with Crippen LogP contribution in [-0.2, 0) is 18.9 Å². The summed E-state index contributed by atoms with van der Waals surface area (Å²) in [7, 11) is 0. The summed E-state index contributed by atoms with van der Waals surface area (Å²) in [5.41, 5.74) is 0. The van der Waals surface area contributed by atoms with Gasteiger partial charge in [0, 0.05) is 0 Å². The lowest BCUT2D eigenvalue weighted by Gasteiger charge is -2.37. The van der Waals surface area contributed by atoms with E-state index in [1.807, 2.05) is 0 Å². The van der Waals surface area contributed by atoms with Crippen molar-refractivity contribution in [2.24, 2.45) is 10.4 Å². The summed E-state index contributed by atoms with van der Waals surface area (Å²) in [4.78, 5) is 21.7. The Hall–Kier alpha value is -2.76. The van der Waals surface area contributed by atoms with Crippen LogP contribution in [0.3, 0.4) is 0 Å². The van der Waals surface area contributed by atoms with Crippen molar-refractivity contribution in [1.82, 2.24) is 0 Å². The van der Waals surface area contributed by atoms with E-state index in [0.717, 1.165) is 0 Å². The Balaban J connectivity index is 2.31. The van der Waals surface area contributed by atoms with Gasteiger partial charge in [-0.05, 0) is 0 Å². The Morgan fingerprint density at radius 1 is 1.18 bits per heavy atom. The number of aliphatic hydroxyl groups excluding tert-OH is 5. The Kier molecular flexibility index (Phi) is 7.26. The normalized spacial score (nSPS) is 33.1. The molecule has 2 heterocycles. The van der Waals surface area contributed by atoms with Crippen LogP contribution in [0, 0.1) is 22.2 Å². The Bertz CT molecular complexity index is 701. The van der Waals surface area contributed by atoms with Crippen molar-refractivity contribution in [3.8, 4) is 12.3 Å². The van der Waals surface area contributed by atoms with Gasteiger partial charge in [0.25, 0.3) is 0 Å². The Labute approximate surface area is 157 Å². The van der Waals surface area contributed by atoms with Crippen molar-refractivity contribution < 1.29 is 44.5 Å². The molecular formula is C15H18N2O11. The molecule has 2 aliphatic heterocycles. The van der Waals surface area contributed by atoms with Crippen LogP contribution in [0.5, 0.6) is 0 Å². The molecule has 0 aromatic heterocycles. The van der Waals surface area contributed by atoms with Crippen LogP contribution in [0.25, 0.3) is 0 Å². The quantitative estimate of drug-likeness (QED) is 0.244. The smallest absolute Gasteiger partial charge is 0.234 e. The third-order valence-corrected chi connectivity index (χ3v) is 3.88. The molecule has 0 saturated heterocycles. The summed E-state index contributed by atoms with van der Waals surface area (Å²) >= 11 is 0. The number of aliphatic hydroxyl groups is 5. The van der Waals surface area contributed by atoms with Crippen LogP contribution in [0.2, 0.25) is 0 Å². The third-order valence-electron chi connectivity index (χ3n) is 3.88. The first-order chi connectivity index (χ1) is 13.4. The van der Waals surface area contributed by atoms with Crippen LogP contribution >= 0.6 is 0 Å². The Morgan fingerprint density at radius 3 is 2.46 bits per heavy atom. The second-order valence-corrected chi connectivity index (χ2v) is 5.63. The van der Waals surface area contributed by atoms with E-state index >= 15 is 0 Å². The minimum absolute atomic E-state index is 0.273. The average Bonchev–Trinajstić information content (AvgIpc) is 2.69. The predicted octanol–water partition coefficient (Wildman–Crippen LogP) is -1.11. The third kappa shape index (κ3) is 4.21. The van der Waals surface area contributed by atoms with Gasteiger partial charge in [0.2, 0.25) is 12.6 Å². The van der Waals surface area contributed by atoms with Gasteiger partial charge >= 0.3 is 0 Å². The van der Waals surface area contributed by atoms with Crippen molar-refractivity contribution in [2.45, 2.75) is 36.9 Å². The number of hydrogen-bond acceptors (Lipinski definition) is 13. The highest BCUT2D eigenvalue weighted by Gasteiger charge is 2.46. The van der Waals surface area contributed by atoms with Gasteiger partial charge in [-0.15, -0.1) is 11.3 Å². The number of terminal acetylenes is 1. The van der Waals surface area contributed by atoms with E-state index < -0.39 is 67.4 Å². The molecule has 13 heteroatoms. The number of nitrogens with zero attached hydrogens (tertiary/aromatic N) is 2. The molecule has 0 amide bonds. The van der Waals surface area contributed by atoms with Crippen LogP contribution < -0.4 is 0 Å². The summed E-state index contributed by atoms with van der Waals surface area (Å²) in [6, 6.07) is -1.65. The molecule has 2 rings (SSSR count). The molecule has 0 aliphatic carbocycles. The molecule has 0 aromatic rings. The van der Waals surface area contributed by atoms with E-state index in [4.69, 9.17) is 25.4 Å². The van der Waals surface area contributed by atoms with Crippen molar-refractivity contribution in [3.63, 3.8) is 0 Å². The highest BCUT2D eigenvalue weighted by atomic mass is 16.7. The monoisotopic (exact) mass is 402 g/mol. The second-order valence-electron chi connectivity index (χ2n) is 5.63. The minimum atomic E-state index is -1.93. The fraction of sp³-hybridized carbons (Fsp3) is 0.600. The molecule has 0 aromatic carbocycles. The lowest BCUT2D eigenvalue weighted by Crippen LogP contribution is -2.49. The maximum atomic E-state index is 11.3. The molecule has 4 unspecified atom stereocenters. The van der Waals surface area contributed by atoms with E-state index in [9.17, 15) is 35.3 Å². The van der Waals surface area contributed by atoms with Gasteiger partial charge in [-0.2, -0.15) is 4.91 Å². The first kappa shape index (κ1) is 21.5. The molecule has 5 N–H and O–H groups in total. The van der Waals surface area contributed by atoms with Gasteiger partial charge in [-0.1, -0.05) is 16.3 Å². The Morgan fingerprint density at radius 2 is 1.89 bits per heavy atom. The summed E-state index contributed by atoms with van der Waals surface area (Å²) in [6.07, 6.45) is -3.21. The average molecular weight is 402 g/mol. The largest absolute Gasteiger partial charge is 0.506 e. The van der Waals surface area contributed by atoms with Crippen molar-refractivity contribution >= 4 is 0 Å². The highest BCUT2D eigenvalue weighted by molar-refractivity contribution is 5.19. The summed E-state index contributed by atoms with van der Waals surface area (Å²) in [5.74, 6) is -0.526. The van der Waals surface area contributed by atoms with Gasteiger partial charge in [0.1, 0.15) is 32.0 Å². The molecule has 0 bridgehead atoms. The van der Waals surface area contributed by atoms with Crippen molar-refractivity contribution in [2.75, 3.05) is 19.8 Å². The molecule has 2 aliphatic rings. The number of rotatable bonds is 8. The molecule has 28 heavy (non-hydrogen) atoms. The molecule has 0 radical (unpaired) electrons. The lowest BCUT2D eigenvalue weighted by molar-refractivity contribution is -0.230. The van der Waals surface area contributed by atoms with Gasteiger partial charge in [0.05, 0.1) is 0 Å². The standard InChI is InChI=1S/C15H18N2O11/c1-2-3-25-14-10(20)8(17-24)13(7(5-18)27-14)28-15-12(22)11(21)9(19)6(26-15)4-16-23/h1,6,8,10,12,14-15,18-22H,3-5H2/t6?,8?,10?,12?,14-,15+/m1/s1. The van der Waals surface area contributed by atoms with E-state index in [-0.39, 0.29) is 12.4 Å². The van der Waals surface area contributed by atoms with Crippen LogP contribution in [0.1, 0.15) is 0 Å². The van der Waals surface area contributed by atoms with Gasteiger partial charge in [-0.3, -0.25) is 0 Å². The summed E-state index contributed by atoms with van der Waals surface area (Å²) < 4.78 is 20.7. The topological polar surface area (TPSA) is 197 Å². The molecule has 6 atom stereocenters. The SMILES string of the molecule is C#CCO[C@@H]1OC(CO)=C(O[C@@H]2OC(CN=O)C(O)=C(O)C2O)C(N=O)C1O. The molecule has 154 valence electrons. The zero-order valence-electron chi connectivity index (χ0n) is 14.2. The van der Waals surface area contributed by atoms with Crippen LogP contribution in [0.4, 0.5) is 0 Å². The van der Waals surface area contributed by atoms with E-state index in [2.05, 4.69) is 16.3 Å². The maximum Gasteiger partial charge on any atom is 0.234 e. The zero-order chi connectivity index (χ0) is 20.8. The fourth-order valence-electron chi connectivity index (χ4n) is 2.52. The summed E-state index contributed by atoms with van der Waals surface area (Å²) in [6.45, 7) is -1.71. The molecular weight excluding hydrogens is 384 g/mol. The molecule has 0 fully saturated rings. The predicted molar refractivity (Wildman–Crippen MR) is 88.1 cm³/mol. The van der Waals surface area contributed by atoms with Gasteiger partial charge in [0.15, 0.2) is 35.2 Å². The maximum absolute atomic E-state index is 11.3. The minimum Gasteiger partial charge on any atom is -0.506 e. The van der Waals surface area contributed by atoms with Crippen LogP contribution in [-0.4, -0.2) is 82.2 Å². The van der Waals surface area contributed by atoms with Gasteiger partial charge in [-0.25, -0.2) is 0 Å². The fourth-order valence-corrected chi connectivity index (χ4v) is 2.52. The molecule has 13 nitrogen and oxygen atoms in total. The zero-order valence-corrected chi connectivity index (χ0v) is 14.2. The molecule has 0 saturated carbocycles. The molecule has 0 spiro atoms. The second kappa shape index (κ2) is 9.44. The van der Waals surface area contributed by atoms with Crippen molar-refractivity contribution in [1.29, 1.82) is 0 Å². The van der Waals surface area contributed by atoms with Crippen molar-refractivity contribution in [3.05, 3.63) is 32.9 Å². The van der Waals surface area contributed by atoms with E-state index in [1.54, 1.807) is 0 Å². The first-order valence-electron chi connectivity index (χ1n) is 7.86. The number of nitroso groups, excluding NO2 is 2. The van der Waals surface area contributed by atoms with E-state index in [0.29, 0.717) is 0 Å². The van der Waals surface area contributed by atoms with Gasteiger partial charge < -0.3 is 44.5 Å².